The number of hydrogen-bond acceptors (Lipinski definition) is 5. The highest BCUT2D eigenvalue weighted by molar-refractivity contribution is 5.68. The molecule has 0 N–H and O–H groups in total. The second-order valence-corrected chi connectivity index (χ2v) is 8.40. The molecule has 1 amide bonds. The van der Waals surface area contributed by atoms with E-state index in [1.165, 1.54) is 13.2 Å². The molecule has 1 fully saturated rings. The summed E-state index contributed by atoms with van der Waals surface area (Å²) in [5.41, 5.74) is 0.0535. The van der Waals surface area contributed by atoms with Crippen LogP contribution >= 0.6 is 0 Å². The summed E-state index contributed by atoms with van der Waals surface area (Å²) in [6, 6.07) is 4.66. The quantitative estimate of drug-likeness (QED) is 0.697. The van der Waals surface area contributed by atoms with Gasteiger partial charge in [0.2, 0.25) is 0 Å². The molecule has 2 aromatic rings. The lowest BCUT2D eigenvalue weighted by atomic mass is 9.83. The first-order valence-electron chi connectivity index (χ1n) is 9.99. The van der Waals surface area contributed by atoms with Crippen molar-refractivity contribution in [3.63, 3.8) is 0 Å². The molecular formula is C22H29FN2O4. The van der Waals surface area contributed by atoms with Crippen LogP contribution in [0.4, 0.5) is 9.18 Å². The molecule has 2 atom stereocenters. The Labute approximate surface area is 171 Å². The minimum Gasteiger partial charge on any atom is -0.494 e. The van der Waals surface area contributed by atoms with Crippen LogP contribution in [0.3, 0.4) is 0 Å². The number of oxazole rings is 1. The van der Waals surface area contributed by atoms with Gasteiger partial charge >= 0.3 is 6.09 Å². The minimum absolute atomic E-state index is 0.0295. The van der Waals surface area contributed by atoms with E-state index in [1.807, 2.05) is 20.8 Å². The van der Waals surface area contributed by atoms with E-state index in [1.54, 1.807) is 23.2 Å². The monoisotopic (exact) mass is 404 g/mol. The number of methoxy groups -OCH3 is 1. The Morgan fingerprint density at radius 3 is 2.76 bits per heavy atom. The van der Waals surface area contributed by atoms with Gasteiger partial charge in [-0.2, -0.15) is 0 Å². The molecular weight excluding hydrogens is 375 g/mol. The molecule has 1 aliphatic rings. The Morgan fingerprint density at radius 2 is 2.14 bits per heavy atom. The lowest BCUT2D eigenvalue weighted by Gasteiger charge is -2.37. The maximum absolute atomic E-state index is 14.0. The summed E-state index contributed by atoms with van der Waals surface area (Å²) < 4.78 is 30.5. The van der Waals surface area contributed by atoms with Gasteiger partial charge in [0.1, 0.15) is 5.60 Å². The van der Waals surface area contributed by atoms with Crippen molar-refractivity contribution in [2.75, 3.05) is 20.2 Å². The molecule has 3 rings (SSSR count). The van der Waals surface area contributed by atoms with Gasteiger partial charge in [0.05, 0.1) is 19.2 Å². The summed E-state index contributed by atoms with van der Waals surface area (Å²) in [5.74, 6) is 1.11. The van der Waals surface area contributed by atoms with Gasteiger partial charge < -0.3 is 18.8 Å². The normalized spacial score (nSPS) is 19.9. The number of likely N-dealkylation sites (tertiary alicyclic amines) is 1. The van der Waals surface area contributed by atoms with Gasteiger partial charge in [-0.3, -0.25) is 0 Å². The topological polar surface area (TPSA) is 64.8 Å². The molecule has 158 valence electrons. The van der Waals surface area contributed by atoms with Crippen molar-refractivity contribution in [2.24, 2.45) is 5.92 Å². The summed E-state index contributed by atoms with van der Waals surface area (Å²) in [7, 11) is 1.43. The fourth-order valence-electron chi connectivity index (χ4n) is 3.67. The van der Waals surface area contributed by atoms with E-state index in [9.17, 15) is 9.18 Å². The number of amides is 1. The summed E-state index contributed by atoms with van der Waals surface area (Å²) in [4.78, 5) is 18.7. The van der Waals surface area contributed by atoms with Crippen molar-refractivity contribution in [3.8, 4) is 17.1 Å². The molecule has 29 heavy (non-hydrogen) atoms. The highest BCUT2D eigenvalue weighted by atomic mass is 19.1. The molecule has 2 heterocycles. The number of ether oxygens (including phenoxy) is 2. The average molecular weight is 404 g/mol. The van der Waals surface area contributed by atoms with Crippen LogP contribution in [0.1, 0.15) is 52.3 Å². The van der Waals surface area contributed by atoms with Crippen LogP contribution in [-0.2, 0) is 4.74 Å². The van der Waals surface area contributed by atoms with Crippen molar-refractivity contribution in [2.45, 2.75) is 52.1 Å². The fourth-order valence-corrected chi connectivity index (χ4v) is 3.67. The Hall–Kier alpha value is -2.57. The molecule has 1 aromatic carbocycles. The van der Waals surface area contributed by atoms with E-state index < -0.39 is 11.4 Å². The number of halogens is 1. The van der Waals surface area contributed by atoms with Gasteiger partial charge in [-0.25, -0.2) is 14.2 Å². The van der Waals surface area contributed by atoms with Crippen molar-refractivity contribution in [1.29, 1.82) is 0 Å². The van der Waals surface area contributed by atoms with Crippen molar-refractivity contribution < 1.29 is 23.1 Å². The lowest BCUT2D eigenvalue weighted by Crippen LogP contribution is -2.45. The van der Waals surface area contributed by atoms with E-state index >= 15 is 0 Å². The van der Waals surface area contributed by atoms with Gasteiger partial charge in [0, 0.05) is 18.7 Å². The second-order valence-electron chi connectivity index (χ2n) is 8.40. The summed E-state index contributed by atoms with van der Waals surface area (Å²) in [5, 5.41) is 0. The Bertz CT molecular complexity index is 859. The first-order valence-corrected chi connectivity index (χ1v) is 9.99. The smallest absolute Gasteiger partial charge is 0.410 e. The SMILES string of the molecule is CCC1CCN(C(=O)OC(C)(C)C)CC1c1ncc(-c2ccc(OC)c(F)c2)o1. The molecule has 6 nitrogen and oxygen atoms in total. The second kappa shape index (κ2) is 8.43. The third-order valence-corrected chi connectivity index (χ3v) is 5.21. The molecule has 1 aliphatic heterocycles. The van der Waals surface area contributed by atoms with E-state index in [2.05, 4.69) is 11.9 Å². The zero-order valence-corrected chi connectivity index (χ0v) is 17.7. The number of aromatic nitrogens is 1. The highest BCUT2D eigenvalue weighted by Crippen LogP contribution is 2.36. The predicted octanol–water partition coefficient (Wildman–Crippen LogP) is 5.24. The lowest BCUT2D eigenvalue weighted by molar-refractivity contribution is 0.0142. The van der Waals surface area contributed by atoms with Crippen molar-refractivity contribution >= 4 is 6.09 Å². The van der Waals surface area contributed by atoms with Crippen LogP contribution in [0.15, 0.2) is 28.8 Å². The molecule has 2 unspecified atom stereocenters. The van der Waals surface area contributed by atoms with Crippen molar-refractivity contribution in [3.05, 3.63) is 36.1 Å². The maximum Gasteiger partial charge on any atom is 0.410 e. The molecule has 0 saturated carbocycles. The molecule has 0 radical (unpaired) electrons. The summed E-state index contributed by atoms with van der Waals surface area (Å²) in [6.07, 6.45) is 3.10. The van der Waals surface area contributed by atoms with Gasteiger partial charge in [-0.05, 0) is 51.3 Å². The molecule has 0 bridgehead atoms. The van der Waals surface area contributed by atoms with E-state index in [-0.39, 0.29) is 17.8 Å². The van der Waals surface area contributed by atoms with Crippen LogP contribution in [0.2, 0.25) is 0 Å². The average Bonchev–Trinajstić information content (AvgIpc) is 3.16. The van der Waals surface area contributed by atoms with Crippen LogP contribution in [0.25, 0.3) is 11.3 Å². The summed E-state index contributed by atoms with van der Waals surface area (Å²) in [6.45, 7) is 8.84. The fraction of sp³-hybridized carbons (Fsp3) is 0.545. The minimum atomic E-state index is -0.539. The first-order chi connectivity index (χ1) is 13.7. The number of rotatable bonds is 4. The number of carbonyl (C=O) groups is 1. The Balaban J connectivity index is 1.80. The predicted molar refractivity (Wildman–Crippen MR) is 107 cm³/mol. The van der Waals surface area contributed by atoms with E-state index in [0.717, 1.165) is 12.8 Å². The van der Waals surface area contributed by atoms with Crippen LogP contribution < -0.4 is 4.74 Å². The van der Waals surface area contributed by atoms with Gasteiger partial charge in [0.25, 0.3) is 0 Å². The Morgan fingerprint density at radius 1 is 1.38 bits per heavy atom. The van der Waals surface area contributed by atoms with E-state index in [4.69, 9.17) is 13.9 Å². The first kappa shape index (κ1) is 21.1. The third-order valence-electron chi connectivity index (χ3n) is 5.21. The number of hydrogen-bond donors (Lipinski definition) is 0. The third kappa shape index (κ3) is 4.89. The molecule has 7 heteroatoms. The van der Waals surface area contributed by atoms with Crippen molar-refractivity contribution in [1.82, 2.24) is 9.88 Å². The van der Waals surface area contributed by atoms with Crippen LogP contribution in [0, 0.1) is 11.7 Å². The highest BCUT2D eigenvalue weighted by Gasteiger charge is 2.36. The number of carbonyl (C=O) groups excluding carboxylic acids is 1. The largest absolute Gasteiger partial charge is 0.494 e. The van der Waals surface area contributed by atoms with Crippen LogP contribution in [0.5, 0.6) is 5.75 Å². The maximum atomic E-state index is 14.0. The zero-order valence-electron chi connectivity index (χ0n) is 17.7. The number of benzene rings is 1. The van der Waals surface area contributed by atoms with Gasteiger partial charge in [0.15, 0.2) is 23.2 Å². The van der Waals surface area contributed by atoms with Gasteiger partial charge in [-0.15, -0.1) is 0 Å². The zero-order chi connectivity index (χ0) is 21.2. The Kier molecular flexibility index (Phi) is 6.15. The molecule has 1 aromatic heterocycles. The standard InChI is InChI=1S/C22H29FN2O4/c1-6-14-9-10-25(21(26)29-22(2,3)4)13-16(14)20-24-12-19(28-20)15-7-8-18(27-5)17(23)11-15/h7-8,11-12,14,16H,6,9-10,13H2,1-5H3. The van der Waals surface area contributed by atoms with Crippen LogP contribution in [-0.4, -0.2) is 41.8 Å². The van der Waals surface area contributed by atoms with Gasteiger partial charge in [-0.1, -0.05) is 13.3 Å². The number of nitrogens with zero attached hydrogens (tertiary/aromatic N) is 2. The molecule has 0 aliphatic carbocycles. The molecule has 0 spiro atoms. The molecule has 1 saturated heterocycles. The van der Waals surface area contributed by atoms with E-state index in [0.29, 0.717) is 36.2 Å². The summed E-state index contributed by atoms with van der Waals surface area (Å²) >= 11 is 0. The number of piperidine rings is 1.